The summed E-state index contributed by atoms with van der Waals surface area (Å²) in [6.07, 6.45) is 14.8. The summed E-state index contributed by atoms with van der Waals surface area (Å²) in [5.41, 5.74) is 12.5. The Bertz CT molecular complexity index is 451. The standard InChI is InChI=1S/C22H40Br2N2O2/c1-3-5-7-9-11-13-15-27-21-17(23)19(25)20(26)18(24)22(21)28-16-14-12-10-8-6-4-2/h19-20H,3-16,25-26H2,1-2H3. The monoisotopic (exact) mass is 522 g/mol. The molecule has 2 atom stereocenters. The lowest BCUT2D eigenvalue weighted by Crippen LogP contribution is -2.45. The minimum absolute atomic E-state index is 0.324. The molecule has 0 aliphatic heterocycles. The van der Waals surface area contributed by atoms with Crippen molar-refractivity contribution < 1.29 is 9.47 Å². The van der Waals surface area contributed by atoms with Gasteiger partial charge in [-0.3, -0.25) is 0 Å². The highest BCUT2D eigenvalue weighted by Gasteiger charge is 2.33. The molecule has 164 valence electrons. The third-order valence-corrected chi connectivity index (χ3v) is 6.88. The third kappa shape index (κ3) is 9.19. The Labute approximate surface area is 189 Å². The Hall–Kier alpha value is -0.0400. The molecule has 6 heteroatoms. The second-order valence-electron chi connectivity index (χ2n) is 7.64. The first-order valence-corrected chi connectivity index (χ1v) is 12.7. The van der Waals surface area contributed by atoms with Crippen LogP contribution in [0.15, 0.2) is 20.5 Å². The van der Waals surface area contributed by atoms with Gasteiger partial charge in [-0.1, -0.05) is 78.1 Å². The minimum Gasteiger partial charge on any atom is -0.489 e. The van der Waals surface area contributed by atoms with Crippen molar-refractivity contribution >= 4 is 31.9 Å². The molecule has 0 amide bonds. The predicted octanol–water partition coefficient (Wildman–Crippen LogP) is 6.62. The average molecular weight is 524 g/mol. The summed E-state index contributed by atoms with van der Waals surface area (Å²) in [6.45, 7) is 5.81. The maximum absolute atomic E-state index is 6.24. The highest BCUT2D eigenvalue weighted by Crippen LogP contribution is 2.36. The van der Waals surface area contributed by atoms with Gasteiger partial charge in [0.25, 0.3) is 0 Å². The van der Waals surface area contributed by atoms with Gasteiger partial charge >= 0.3 is 0 Å². The van der Waals surface area contributed by atoms with E-state index in [1.54, 1.807) is 0 Å². The van der Waals surface area contributed by atoms with Crippen molar-refractivity contribution in [1.82, 2.24) is 0 Å². The molecule has 1 rings (SSSR count). The maximum atomic E-state index is 6.24. The van der Waals surface area contributed by atoms with Crippen molar-refractivity contribution in [3.05, 3.63) is 20.5 Å². The highest BCUT2D eigenvalue weighted by atomic mass is 79.9. The van der Waals surface area contributed by atoms with Crippen molar-refractivity contribution in [2.45, 2.75) is 103 Å². The van der Waals surface area contributed by atoms with Gasteiger partial charge in [-0.05, 0) is 44.7 Å². The van der Waals surface area contributed by atoms with E-state index in [4.69, 9.17) is 20.9 Å². The normalized spacial score (nSPS) is 20.1. The lowest BCUT2D eigenvalue weighted by molar-refractivity contribution is 0.139. The van der Waals surface area contributed by atoms with Crippen LogP contribution in [0.2, 0.25) is 0 Å². The molecular weight excluding hydrogens is 484 g/mol. The van der Waals surface area contributed by atoms with E-state index in [9.17, 15) is 0 Å². The van der Waals surface area contributed by atoms with Crippen molar-refractivity contribution in [2.24, 2.45) is 11.5 Å². The summed E-state index contributed by atoms with van der Waals surface area (Å²) in [6, 6.07) is -0.648. The molecule has 0 spiro atoms. The molecule has 0 saturated carbocycles. The fourth-order valence-corrected chi connectivity index (χ4v) is 4.38. The largest absolute Gasteiger partial charge is 0.489 e. The van der Waals surface area contributed by atoms with Crippen LogP contribution < -0.4 is 11.5 Å². The molecular formula is C22H40Br2N2O2. The van der Waals surface area contributed by atoms with Gasteiger partial charge in [-0.25, -0.2) is 0 Å². The minimum atomic E-state index is -0.324. The molecule has 0 aromatic rings. The van der Waals surface area contributed by atoms with Gasteiger partial charge in [0.1, 0.15) is 0 Å². The summed E-state index contributed by atoms with van der Waals surface area (Å²) in [5, 5.41) is 0. The number of unbranched alkanes of at least 4 members (excludes halogenated alkanes) is 10. The van der Waals surface area contributed by atoms with Crippen molar-refractivity contribution in [1.29, 1.82) is 0 Å². The van der Waals surface area contributed by atoms with Crippen LogP contribution in [0.5, 0.6) is 0 Å². The van der Waals surface area contributed by atoms with E-state index < -0.39 is 0 Å². The van der Waals surface area contributed by atoms with Gasteiger partial charge < -0.3 is 20.9 Å². The topological polar surface area (TPSA) is 70.5 Å². The van der Waals surface area contributed by atoms with E-state index in [1.807, 2.05) is 0 Å². The molecule has 4 nitrogen and oxygen atoms in total. The third-order valence-electron chi connectivity index (χ3n) is 5.10. The Kier molecular flexibility index (Phi) is 14.6. The lowest BCUT2D eigenvalue weighted by atomic mass is 10.0. The van der Waals surface area contributed by atoms with Crippen LogP contribution >= 0.6 is 31.9 Å². The molecule has 2 unspecified atom stereocenters. The smallest absolute Gasteiger partial charge is 0.173 e. The Balaban J connectivity index is 2.52. The van der Waals surface area contributed by atoms with E-state index in [1.165, 1.54) is 64.2 Å². The fraction of sp³-hybridized carbons (Fsp3) is 0.818. The summed E-state index contributed by atoms with van der Waals surface area (Å²) in [4.78, 5) is 0. The predicted molar refractivity (Wildman–Crippen MR) is 127 cm³/mol. The Morgan fingerprint density at radius 1 is 0.607 bits per heavy atom. The van der Waals surface area contributed by atoms with Gasteiger partial charge in [-0.2, -0.15) is 0 Å². The number of hydrogen-bond donors (Lipinski definition) is 2. The van der Waals surface area contributed by atoms with E-state index >= 15 is 0 Å². The summed E-state index contributed by atoms with van der Waals surface area (Å²) < 4.78 is 13.8. The van der Waals surface area contributed by atoms with E-state index in [2.05, 4.69) is 45.7 Å². The van der Waals surface area contributed by atoms with Crippen LogP contribution in [-0.2, 0) is 9.47 Å². The number of halogens is 2. The van der Waals surface area contributed by atoms with Crippen LogP contribution in [0.3, 0.4) is 0 Å². The molecule has 0 bridgehead atoms. The van der Waals surface area contributed by atoms with E-state index in [0.717, 1.165) is 21.8 Å². The molecule has 0 aromatic heterocycles. The van der Waals surface area contributed by atoms with E-state index in [-0.39, 0.29) is 12.1 Å². The second kappa shape index (κ2) is 15.8. The van der Waals surface area contributed by atoms with Gasteiger partial charge in [0.05, 0.1) is 34.3 Å². The number of hydrogen-bond acceptors (Lipinski definition) is 4. The van der Waals surface area contributed by atoms with Crippen LogP contribution in [0, 0.1) is 0 Å². The van der Waals surface area contributed by atoms with Crippen LogP contribution in [-0.4, -0.2) is 25.3 Å². The average Bonchev–Trinajstić information content (AvgIpc) is 2.70. The first-order chi connectivity index (χ1) is 13.5. The Morgan fingerprint density at radius 3 is 1.29 bits per heavy atom. The molecule has 0 radical (unpaired) electrons. The van der Waals surface area contributed by atoms with Crippen LogP contribution in [0.25, 0.3) is 0 Å². The first kappa shape index (κ1) is 26.0. The Morgan fingerprint density at radius 2 is 0.929 bits per heavy atom. The highest BCUT2D eigenvalue weighted by molar-refractivity contribution is 9.12. The second-order valence-corrected chi connectivity index (χ2v) is 9.35. The van der Waals surface area contributed by atoms with Gasteiger partial charge in [0.2, 0.25) is 0 Å². The lowest BCUT2D eigenvalue weighted by Gasteiger charge is -2.30. The summed E-state index contributed by atoms with van der Waals surface area (Å²) in [5.74, 6) is 1.42. The van der Waals surface area contributed by atoms with Crippen LogP contribution in [0.4, 0.5) is 0 Å². The molecule has 0 fully saturated rings. The van der Waals surface area contributed by atoms with E-state index in [0.29, 0.717) is 24.7 Å². The van der Waals surface area contributed by atoms with Crippen molar-refractivity contribution in [3.8, 4) is 0 Å². The van der Waals surface area contributed by atoms with Crippen molar-refractivity contribution in [3.63, 3.8) is 0 Å². The van der Waals surface area contributed by atoms with Crippen LogP contribution in [0.1, 0.15) is 90.9 Å². The zero-order valence-corrected chi connectivity index (χ0v) is 21.0. The molecule has 28 heavy (non-hydrogen) atoms. The fourth-order valence-electron chi connectivity index (χ4n) is 3.22. The SMILES string of the molecule is CCCCCCCCOC1=C(Br)C(N)C(N)C(Br)=C1OCCCCCCCC. The molecule has 4 N–H and O–H groups in total. The zero-order chi connectivity index (χ0) is 20.8. The molecule has 0 saturated heterocycles. The quantitative estimate of drug-likeness (QED) is 0.223. The number of nitrogens with two attached hydrogens (primary N) is 2. The summed E-state index contributed by atoms with van der Waals surface area (Å²) in [7, 11) is 0. The van der Waals surface area contributed by atoms with Gasteiger partial charge in [0.15, 0.2) is 11.5 Å². The molecule has 1 aliphatic rings. The molecule has 0 heterocycles. The number of rotatable bonds is 16. The number of ether oxygens (including phenoxy) is 2. The molecule has 1 aliphatic carbocycles. The van der Waals surface area contributed by atoms with Crippen molar-refractivity contribution in [2.75, 3.05) is 13.2 Å². The first-order valence-electron chi connectivity index (χ1n) is 11.1. The maximum Gasteiger partial charge on any atom is 0.173 e. The summed E-state index contributed by atoms with van der Waals surface area (Å²) >= 11 is 7.20. The zero-order valence-electron chi connectivity index (χ0n) is 17.8. The van der Waals surface area contributed by atoms with Gasteiger partial charge in [-0.15, -0.1) is 0 Å². The molecule has 0 aromatic carbocycles. The van der Waals surface area contributed by atoms with Gasteiger partial charge in [0, 0.05) is 0 Å².